The number of nitrogens with zero attached hydrogens (tertiary/aromatic N) is 4. The quantitative estimate of drug-likeness (QED) is 0.299. The fourth-order valence-electron chi connectivity index (χ4n) is 4.13. The molecule has 11 heteroatoms. The number of aromatic nitrogens is 4. The molecule has 0 unspecified atom stereocenters. The predicted octanol–water partition coefficient (Wildman–Crippen LogP) is 3.73. The summed E-state index contributed by atoms with van der Waals surface area (Å²) in [4.78, 5) is 34.5. The van der Waals surface area contributed by atoms with Gasteiger partial charge < -0.3 is 15.7 Å². The van der Waals surface area contributed by atoms with E-state index in [1.165, 1.54) is 21.8 Å². The topological polar surface area (TPSA) is 114 Å². The van der Waals surface area contributed by atoms with Crippen LogP contribution in [0.5, 0.6) is 0 Å². The van der Waals surface area contributed by atoms with Gasteiger partial charge in [-0.1, -0.05) is 38.1 Å². The van der Waals surface area contributed by atoms with Gasteiger partial charge in [0.15, 0.2) is 11.6 Å². The molecule has 1 amide bonds. The molecule has 39 heavy (non-hydrogen) atoms. The van der Waals surface area contributed by atoms with Gasteiger partial charge in [-0.05, 0) is 42.3 Å². The van der Waals surface area contributed by atoms with E-state index in [4.69, 9.17) is 0 Å². The third kappa shape index (κ3) is 6.55. The molecule has 0 saturated heterocycles. The number of anilines is 1. The number of hydrogen-bond donors (Lipinski definition) is 3. The number of nitrogens with one attached hydrogen (secondary N) is 2. The van der Waals surface area contributed by atoms with Crippen molar-refractivity contribution in [2.24, 2.45) is 0 Å². The smallest absolute Gasteiger partial charge is 0.280 e. The number of rotatable bonds is 9. The van der Waals surface area contributed by atoms with Crippen LogP contribution in [0.2, 0.25) is 0 Å². The van der Waals surface area contributed by atoms with E-state index in [2.05, 4.69) is 20.6 Å². The minimum atomic E-state index is -1.03. The van der Waals surface area contributed by atoms with Gasteiger partial charge in [-0.15, -0.1) is 0 Å². The van der Waals surface area contributed by atoms with E-state index in [-0.39, 0.29) is 31.8 Å². The van der Waals surface area contributed by atoms with Gasteiger partial charge in [0.1, 0.15) is 17.7 Å². The van der Waals surface area contributed by atoms with Crippen LogP contribution in [0.3, 0.4) is 0 Å². The third-order valence-electron chi connectivity index (χ3n) is 5.93. The highest BCUT2D eigenvalue weighted by atomic mass is 19.2. The molecule has 3 N–H and O–H groups in total. The van der Waals surface area contributed by atoms with E-state index in [0.29, 0.717) is 17.1 Å². The Morgan fingerprint density at radius 2 is 1.85 bits per heavy atom. The molecule has 0 radical (unpaired) electrons. The molecule has 0 atom stereocenters. The Kier molecular flexibility index (Phi) is 10.0. The number of aliphatic hydroxyl groups is 1. The number of fused-ring (bicyclic) bond motifs is 1. The maximum atomic E-state index is 13.7. The lowest BCUT2D eigenvalue weighted by Crippen LogP contribution is -2.31. The number of benzene rings is 2. The second kappa shape index (κ2) is 13.4. The van der Waals surface area contributed by atoms with Crippen LogP contribution in [0.15, 0.2) is 53.6 Å². The molecular formula is C28H32F2N6O3. The number of halogens is 2. The second-order valence-electron chi connectivity index (χ2n) is 8.28. The summed E-state index contributed by atoms with van der Waals surface area (Å²) in [5.74, 6) is -1.90. The zero-order chi connectivity index (χ0) is 28.5. The normalized spacial score (nSPS) is 10.9. The molecule has 206 valence electrons. The van der Waals surface area contributed by atoms with Crippen molar-refractivity contribution in [3.05, 3.63) is 93.2 Å². The molecule has 4 aromatic rings. The van der Waals surface area contributed by atoms with E-state index < -0.39 is 23.1 Å². The standard InChI is InChI=1S/C26H26F2N6O3.C2H6/c1-16-23(26(37)34(33(16)10-11-35)14-18-5-7-20(27)21(28)13-18)25(36)30-9-3-4-17-6-8-22-19(12-17)24(29-2)32-15-31-22;1-2/h3-8,12-13,15,35H,9-11,14H2,1-2H3,(H,30,36)(H,29,31,32);1-2H3/b4-3+;. The van der Waals surface area contributed by atoms with E-state index in [9.17, 15) is 23.5 Å². The van der Waals surface area contributed by atoms with E-state index in [0.717, 1.165) is 28.6 Å². The summed E-state index contributed by atoms with van der Waals surface area (Å²) in [5, 5.41) is 16.1. The van der Waals surface area contributed by atoms with Gasteiger partial charge in [-0.2, -0.15) is 0 Å². The molecule has 0 saturated carbocycles. The summed E-state index contributed by atoms with van der Waals surface area (Å²) in [7, 11) is 1.78. The van der Waals surface area contributed by atoms with Gasteiger partial charge in [-0.3, -0.25) is 14.3 Å². The average Bonchev–Trinajstić information content (AvgIpc) is 3.17. The zero-order valence-corrected chi connectivity index (χ0v) is 22.3. The van der Waals surface area contributed by atoms with Gasteiger partial charge in [0, 0.05) is 19.0 Å². The Morgan fingerprint density at radius 3 is 2.54 bits per heavy atom. The molecular weight excluding hydrogens is 506 g/mol. The number of amides is 1. The first-order valence-corrected chi connectivity index (χ1v) is 12.6. The summed E-state index contributed by atoms with van der Waals surface area (Å²) >= 11 is 0. The van der Waals surface area contributed by atoms with Crippen LogP contribution in [-0.4, -0.2) is 50.5 Å². The SMILES string of the molecule is CC.CNc1ncnc2ccc(/C=C/CNC(=O)c3c(C)n(CCO)n(Cc4ccc(F)c(F)c4)c3=O)cc12. The highest BCUT2D eigenvalue weighted by molar-refractivity contribution is 5.95. The summed E-state index contributed by atoms with van der Waals surface area (Å²) in [5.41, 5.74) is 1.71. The fraction of sp³-hybridized carbons (Fsp3) is 0.286. The maximum absolute atomic E-state index is 13.7. The number of aliphatic hydroxyl groups excluding tert-OH is 1. The molecule has 2 aromatic heterocycles. The molecule has 0 aliphatic rings. The van der Waals surface area contributed by atoms with Crippen LogP contribution in [-0.2, 0) is 13.1 Å². The largest absolute Gasteiger partial charge is 0.394 e. The number of carbonyl (C=O) groups excluding carboxylic acids is 1. The van der Waals surface area contributed by atoms with Gasteiger partial charge in [0.25, 0.3) is 11.5 Å². The van der Waals surface area contributed by atoms with Crippen molar-refractivity contribution in [1.29, 1.82) is 0 Å². The summed E-state index contributed by atoms with van der Waals surface area (Å²) < 4.78 is 29.7. The fourth-order valence-corrected chi connectivity index (χ4v) is 4.13. The number of carbonyl (C=O) groups is 1. The zero-order valence-electron chi connectivity index (χ0n) is 22.3. The monoisotopic (exact) mass is 538 g/mol. The van der Waals surface area contributed by atoms with Crippen molar-refractivity contribution in [2.75, 3.05) is 25.5 Å². The minimum Gasteiger partial charge on any atom is -0.394 e. The lowest BCUT2D eigenvalue weighted by molar-refractivity contribution is 0.0956. The van der Waals surface area contributed by atoms with Crippen molar-refractivity contribution < 1.29 is 18.7 Å². The molecule has 2 aromatic carbocycles. The maximum Gasteiger partial charge on any atom is 0.280 e. The molecule has 0 aliphatic carbocycles. The van der Waals surface area contributed by atoms with E-state index in [1.807, 2.05) is 38.1 Å². The van der Waals surface area contributed by atoms with E-state index in [1.54, 1.807) is 20.0 Å². The Balaban J connectivity index is 0.00000205. The van der Waals surface area contributed by atoms with Gasteiger partial charge in [0.05, 0.1) is 30.9 Å². The van der Waals surface area contributed by atoms with Crippen LogP contribution in [0.25, 0.3) is 17.0 Å². The summed E-state index contributed by atoms with van der Waals surface area (Å²) in [6.45, 7) is 5.44. The molecule has 0 bridgehead atoms. The van der Waals surface area contributed by atoms with Crippen molar-refractivity contribution in [2.45, 2.75) is 33.9 Å². The van der Waals surface area contributed by atoms with Crippen molar-refractivity contribution in [3.8, 4) is 0 Å². The summed E-state index contributed by atoms with van der Waals surface area (Å²) in [6, 6.07) is 9.03. The highest BCUT2D eigenvalue weighted by Gasteiger charge is 2.22. The predicted molar refractivity (Wildman–Crippen MR) is 148 cm³/mol. The van der Waals surface area contributed by atoms with Crippen molar-refractivity contribution in [1.82, 2.24) is 24.6 Å². The van der Waals surface area contributed by atoms with Gasteiger partial charge in [-0.25, -0.2) is 23.4 Å². The second-order valence-corrected chi connectivity index (χ2v) is 8.28. The number of hydrogen-bond acceptors (Lipinski definition) is 6. The molecule has 4 rings (SSSR count). The van der Waals surface area contributed by atoms with Crippen LogP contribution in [0.4, 0.5) is 14.6 Å². The molecule has 0 fully saturated rings. The van der Waals surface area contributed by atoms with Crippen molar-refractivity contribution >= 4 is 28.7 Å². The first-order chi connectivity index (χ1) is 18.8. The summed E-state index contributed by atoms with van der Waals surface area (Å²) in [6.07, 6.45) is 5.07. The minimum absolute atomic E-state index is 0.0538. The molecule has 0 aliphatic heterocycles. The third-order valence-corrected chi connectivity index (χ3v) is 5.93. The van der Waals surface area contributed by atoms with Crippen LogP contribution < -0.4 is 16.2 Å². The average molecular weight is 539 g/mol. The first-order valence-electron chi connectivity index (χ1n) is 12.6. The molecule has 2 heterocycles. The highest BCUT2D eigenvalue weighted by Crippen LogP contribution is 2.20. The van der Waals surface area contributed by atoms with Crippen molar-refractivity contribution in [3.63, 3.8) is 0 Å². The van der Waals surface area contributed by atoms with Crippen LogP contribution >= 0.6 is 0 Å². The molecule has 9 nitrogen and oxygen atoms in total. The first kappa shape index (κ1) is 29.2. The van der Waals surface area contributed by atoms with Gasteiger partial charge in [0.2, 0.25) is 0 Å². The molecule has 0 spiro atoms. The Bertz CT molecular complexity index is 1540. The van der Waals surface area contributed by atoms with Crippen LogP contribution in [0.1, 0.15) is 41.0 Å². The van der Waals surface area contributed by atoms with E-state index >= 15 is 0 Å². The van der Waals surface area contributed by atoms with Crippen LogP contribution in [0, 0.1) is 18.6 Å². The lowest BCUT2D eigenvalue weighted by Gasteiger charge is -2.12. The lowest BCUT2D eigenvalue weighted by atomic mass is 10.1. The Hall–Kier alpha value is -4.38. The van der Waals surface area contributed by atoms with Gasteiger partial charge >= 0.3 is 0 Å². The Morgan fingerprint density at radius 1 is 1.08 bits per heavy atom. The Labute approximate surface area is 224 Å².